The van der Waals surface area contributed by atoms with Crippen LogP contribution >= 0.6 is 11.3 Å². The van der Waals surface area contributed by atoms with Crippen LogP contribution in [0.15, 0.2) is 35.8 Å². The van der Waals surface area contributed by atoms with Gasteiger partial charge < -0.3 is 5.73 Å². The minimum Gasteiger partial charge on any atom is -0.399 e. The third kappa shape index (κ3) is 1.86. The molecule has 2 N–H and O–H groups in total. The summed E-state index contributed by atoms with van der Waals surface area (Å²) in [6.07, 6.45) is 1.72. The Morgan fingerprint density at radius 1 is 1.22 bits per heavy atom. The lowest BCUT2D eigenvalue weighted by molar-refractivity contribution is 0.799. The lowest BCUT2D eigenvalue weighted by Crippen LogP contribution is -1.98. The summed E-state index contributed by atoms with van der Waals surface area (Å²) < 4.78 is 1.74. The van der Waals surface area contributed by atoms with Crippen molar-refractivity contribution in [3.63, 3.8) is 0 Å². The van der Waals surface area contributed by atoms with Crippen LogP contribution in [-0.4, -0.2) is 20.0 Å². The molecular weight excluding hydrogens is 246 g/mol. The van der Waals surface area contributed by atoms with Gasteiger partial charge in [-0.3, -0.25) is 0 Å². The first-order valence-corrected chi connectivity index (χ1v) is 6.31. The van der Waals surface area contributed by atoms with Gasteiger partial charge in [-0.1, -0.05) is 17.3 Å². The molecule has 18 heavy (non-hydrogen) atoms. The average molecular weight is 257 g/mol. The Balaban J connectivity index is 2.09. The molecule has 0 unspecified atom stereocenters. The maximum Gasteiger partial charge on any atom is 0.212 e. The van der Waals surface area contributed by atoms with Gasteiger partial charge in [-0.2, -0.15) is 4.68 Å². The second-order valence-corrected chi connectivity index (χ2v) is 4.76. The lowest BCUT2D eigenvalue weighted by atomic mass is 10.1. The summed E-state index contributed by atoms with van der Waals surface area (Å²) in [6, 6.07) is 7.62. The number of benzene rings is 1. The zero-order valence-corrected chi connectivity index (χ0v) is 10.6. The molecule has 0 aliphatic rings. The number of anilines is 1. The minimum absolute atomic E-state index is 0.739. The van der Waals surface area contributed by atoms with Crippen LogP contribution < -0.4 is 5.73 Å². The van der Waals surface area contributed by atoms with Crippen LogP contribution in [0.1, 0.15) is 5.69 Å². The van der Waals surface area contributed by atoms with E-state index in [1.54, 1.807) is 22.2 Å². The first-order chi connectivity index (χ1) is 8.74. The Bertz CT molecular complexity index is 668. The summed E-state index contributed by atoms with van der Waals surface area (Å²) in [5.41, 5.74) is 9.33. The highest BCUT2D eigenvalue weighted by Gasteiger charge is 2.11. The smallest absolute Gasteiger partial charge is 0.212 e. The fourth-order valence-electron chi connectivity index (χ4n) is 1.67. The summed E-state index contributed by atoms with van der Waals surface area (Å²) in [7, 11) is 0. The quantitative estimate of drug-likeness (QED) is 0.715. The highest BCUT2D eigenvalue weighted by molar-refractivity contribution is 7.12. The third-order valence-electron chi connectivity index (χ3n) is 2.54. The SMILES string of the molecule is Cc1csc(-n2nncc2-c2ccc(N)cc2)n1. The Hall–Kier alpha value is -2.21. The number of aryl methyl sites for hydroxylation is 1. The molecule has 2 aromatic heterocycles. The predicted molar refractivity (Wildman–Crippen MR) is 71.6 cm³/mol. The van der Waals surface area contributed by atoms with Crippen molar-refractivity contribution < 1.29 is 0 Å². The highest BCUT2D eigenvalue weighted by atomic mass is 32.1. The van der Waals surface area contributed by atoms with Gasteiger partial charge in [0.25, 0.3) is 0 Å². The molecule has 1 aromatic carbocycles. The normalized spacial score (nSPS) is 10.7. The predicted octanol–water partition coefficient (Wildman–Crippen LogP) is 2.28. The van der Waals surface area contributed by atoms with Crippen molar-refractivity contribution in [2.75, 3.05) is 5.73 Å². The Morgan fingerprint density at radius 3 is 2.67 bits per heavy atom. The number of hydrogen-bond donors (Lipinski definition) is 1. The maximum atomic E-state index is 5.68. The summed E-state index contributed by atoms with van der Waals surface area (Å²) >= 11 is 1.54. The van der Waals surface area contributed by atoms with Crippen molar-refractivity contribution in [3.8, 4) is 16.4 Å². The summed E-state index contributed by atoms with van der Waals surface area (Å²) in [5.74, 6) is 0. The molecule has 0 bridgehead atoms. The molecule has 0 aliphatic carbocycles. The van der Waals surface area contributed by atoms with Crippen molar-refractivity contribution in [2.24, 2.45) is 0 Å². The molecular formula is C12H11N5S. The van der Waals surface area contributed by atoms with Crippen molar-refractivity contribution >= 4 is 17.0 Å². The largest absolute Gasteiger partial charge is 0.399 e. The van der Waals surface area contributed by atoms with E-state index in [0.717, 1.165) is 27.8 Å². The van der Waals surface area contributed by atoms with E-state index in [0.29, 0.717) is 0 Å². The first kappa shape index (κ1) is 10.9. The van der Waals surface area contributed by atoms with Gasteiger partial charge in [-0.15, -0.1) is 16.4 Å². The van der Waals surface area contributed by atoms with Gasteiger partial charge >= 0.3 is 0 Å². The molecule has 0 amide bonds. The van der Waals surface area contributed by atoms with Crippen LogP contribution in [0, 0.1) is 6.92 Å². The molecule has 5 nitrogen and oxygen atoms in total. The van der Waals surface area contributed by atoms with E-state index in [1.807, 2.05) is 36.6 Å². The summed E-state index contributed by atoms with van der Waals surface area (Å²) in [4.78, 5) is 4.41. The Morgan fingerprint density at radius 2 is 2.00 bits per heavy atom. The van der Waals surface area contributed by atoms with Crippen LogP contribution in [0.5, 0.6) is 0 Å². The van der Waals surface area contributed by atoms with Crippen LogP contribution in [0.25, 0.3) is 16.4 Å². The number of thiazole rings is 1. The van der Waals surface area contributed by atoms with E-state index in [2.05, 4.69) is 15.3 Å². The average Bonchev–Trinajstić information content (AvgIpc) is 2.98. The first-order valence-electron chi connectivity index (χ1n) is 5.43. The molecule has 0 saturated carbocycles. The highest BCUT2D eigenvalue weighted by Crippen LogP contribution is 2.23. The Labute approximate surface area is 108 Å². The van der Waals surface area contributed by atoms with E-state index in [9.17, 15) is 0 Å². The van der Waals surface area contributed by atoms with E-state index in [1.165, 1.54) is 0 Å². The minimum atomic E-state index is 0.739. The van der Waals surface area contributed by atoms with E-state index in [4.69, 9.17) is 5.73 Å². The molecule has 0 fully saturated rings. The van der Waals surface area contributed by atoms with Crippen molar-refractivity contribution in [1.29, 1.82) is 0 Å². The Kier molecular flexibility index (Phi) is 2.56. The summed E-state index contributed by atoms with van der Waals surface area (Å²) in [5, 5.41) is 10.8. The van der Waals surface area contributed by atoms with Crippen LogP contribution in [0.2, 0.25) is 0 Å². The third-order valence-corrected chi connectivity index (χ3v) is 3.48. The molecule has 0 radical (unpaired) electrons. The van der Waals surface area contributed by atoms with Gasteiger partial charge in [0, 0.05) is 16.6 Å². The van der Waals surface area contributed by atoms with Gasteiger partial charge in [-0.25, -0.2) is 4.98 Å². The molecule has 0 spiro atoms. The molecule has 0 saturated heterocycles. The summed E-state index contributed by atoms with van der Waals surface area (Å²) in [6.45, 7) is 1.96. The molecule has 2 heterocycles. The van der Waals surface area contributed by atoms with Crippen LogP contribution in [0.4, 0.5) is 5.69 Å². The topological polar surface area (TPSA) is 69.6 Å². The number of nitrogen functional groups attached to an aromatic ring is 1. The van der Waals surface area contributed by atoms with Crippen molar-refractivity contribution in [2.45, 2.75) is 6.92 Å². The van der Waals surface area contributed by atoms with Crippen LogP contribution in [0.3, 0.4) is 0 Å². The number of nitrogens with zero attached hydrogens (tertiary/aromatic N) is 4. The molecule has 3 rings (SSSR count). The maximum absolute atomic E-state index is 5.68. The van der Waals surface area contributed by atoms with E-state index in [-0.39, 0.29) is 0 Å². The van der Waals surface area contributed by atoms with E-state index < -0.39 is 0 Å². The van der Waals surface area contributed by atoms with Gasteiger partial charge in [0.2, 0.25) is 5.13 Å². The van der Waals surface area contributed by atoms with Crippen molar-refractivity contribution in [1.82, 2.24) is 20.0 Å². The molecule has 0 atom stereocenters. The lowest BCUT2D eigenvalue weighted by Gasteiger charge is -2.03. The van der Waals surface area contributed by atoms with Gasteiger partial charge in [0.15, 0.2) is 0 Å². The van der Waals surface area contributed by atoms with Gasteiger partial charge in [-0.05, 0) is 19.1 Å². The number of aromatic nitrogens is 4. The van der Waals surface area contributed by atoms with Crippen LogP contribution in [-0.2, 0) is 0 Å². The fourth-order valence-corrected chi connectivity index (χ4v) is 2.43. The number of rotatable bonds is 2. The van der Waals surface area contributed by atoms with Gasteiger partial charge in [0.1, 0.15) is 0 Å². The standard InChI is InChI=1S/C12H11N5S/c1-8-7-18-12(15-8)17-11(6-14-16-17)9-2-4-10(13)5-3-9/h2-7H,13H2,1H3. The zero-order valence-electron chi connectivity index (χ0n) is 9.74. The zero-order chi connectivity index (χ0) is 12.5. The van der Waals surface area contributed by atoms with Crippen molar-refractivity contribution in [3.05, 3.63) is 41.5 Å². The van der Waals surface area contributed by atoms with Gasteiger partial charge in [0.05, 0.1) is 17.6 Å². The monoisotopic (exact) mass is 257 g/mol. The molecule has 6 heteroatoms. The van der Waals surface area contributed by atoms with E-state index >= 15 is 0 Å². The fraction of sp³-hybridized carbons (Fsp3) is 0.0833. The second kappa shape index (κ2) is 4.23. The number of nitrogens with two attached hydrogens (primary N) is 1. The number of hydrogen-bond acceptors (Lipinski definition) is 5. The molecule has 0 aliphatic heterocycles. The molecule has 90 valence electrons. The second-order valence-electron chi connectivity index (χ2n) is 3.92. The molecule has 3 aromatic rings.